The summed E-state index contributed by atoms with van der Waals surface area (Å²) in [6.45, 7) is 3.87. The Bertz CT molecular complexity index is 546. The van der Waals surface area contributed by atoms with Crippen molar-refractivity contribution < 1.29 is 9.53 Å². The van der Waals surface area contributed by atoms with E-state index in [9.17, 15) is 4.79 Å². The molecular formula is C18H26N2O2. The normalized spacial score (nSPS) is 28.5. The molecule has 0 radical (unpaired) electrons. The molecule has 1 aromatic carbocycles. The van der Waals surface area contributed by atoms with Crippen LogP contribution in [0.4, 0.5) is 0 Å². The predicted molar refractivity (Wildman–Crippen MR) is 86.8 cm³/mol. The summed E-state index contributed by atoms with van der Waals surface area (Å²) < 4.78 is 5.26. The van der Waals surface area contributed by atoms with Gasteiger partial charge in [-0.15, -0.1) is 0 Å². The van der Waals surface area contributed by atoms with Crippen molar-refractivity contribution in [2.75, 3.05) is 20.2 Å². The van der Waals surface area contributed by atoms with Crippen LogP contribution in [0.2, 0.25) is 0 Å². The Kier molecular flexibility index (Phi) is 4.39. The quantitative estimate of drug-likeness (QED) is 0.929. The highest BCUT2D eigenvalue weighted by Gasteiger charge is 2.42. The highest BCUT2D eigenvalue weighted by atomic mass is 16.5. The lowest BCUT2D eigenvalue weighted by molar-refractivity contribution is -0.130. The first-order valence-electron chi connectivity index (χ1n) is 8.25. The molecule has 4 nitrogen and oxygen atoms in total. The van der Waals surface area contributed by atoms with E-state index in [1.165, 1.54) is 6.42 Å². The van der Waals surface area contributed by atoms with E-state index in [4.69, 9.17) is 10.5 Å². The summed E-state index contributed by atoms with van der Waals surface area (Å²) in [7, 11) is 1.67. The van der Waals surface area contributed by atoms with Gasteiger partial charge < -0.3 is 15.4 Å². The van der Waals surface area contributed by atoms with E-state index in [0.717, 1.165) is 30.8 Å². The monoisotopic (exact) mass is 302 g/mol. The Morgan fingerprint density at radius 2 is 2.23 bits per heavy atom. The second-order valence-corrected chi connectivity index (χ2v) is 6.85. The van der Waals surface area contributed by atoms with Crippen LogP contribution < -0.4 is 10.5 Å². The highest BCUT2D eigenvalue weighted by molar-refractivity contribution is 5.77. The molecule has 3 rings (SSSR count). The van der Waals surface area contributed by atoms with Crippen molar-refractivity contribution in [2.45, 2.75) is 38.1 Å². The third-order valence-electron chi connectivity index (χ3n) is 5.41. The number of hydrogen-bond donors (Lipinski definition) is 1. The van der Waals surface area contributed by atoms with Crippen molar-refractivity contribution in [1.82, 2.24) is 4.90 Å². The first-order chi connectivity index (χ1) is 10.6. The van der Waals surface area contributed by atoms with Gasteiger partial charge in [0.15, 0.2) is 0 Å². The number of amides is 1. The fraction of sp³-hybridized carbons (Fsp3) is 0.611. The minimum Gasteiger partial charge on any atom is -0.497 e. The summed E-state index contributed by atoms with van der Waals surface area (Å²) in [5.41, 5.74) is 7.31. The second kappa shape index (κ2) is 6.29. The van der Waals surface area contributed by atoms with E-state index < -0.39 is 0 Å². The molecule has 1 aliphatic carbocycles. The summed E-state index contributed by atoms with van der Waals surface area (Å²) in [6.07, 6.45) is 2.86. The van der Waals surface area contributed by atoms with Gasteiger partial charge in [-0.2, -0.15) is 0 Å². The van der Waals surface area contributed by atoms with Gasteiger partial charge in [0, 0.05) is 25.6 Å². The first-order valence-corrected chi connectivity index (χ1v) is 8.25. The van der Waals surface area contributed by atoms with Crippen LogP contribution in [0.5, 0.6) is 5.75 Å². The maximum Gasteiger partial charge on any atom is 0.223 e. The Morgan fingerprint density at radius 1 is 1.41 bits per heavy atom. The fourth-order valence-corrected chi connectivity index (χ4v) is 3.97. The Balaban J connectivity index is 1.60. The van der Waals surface area contributed by atoms with Gasteiger partial charge >= 0.3 is 0 Å². The fourth-order valence-electron chi connectivity index (χ4n) is 3.97. The Hall–Kier alpha value is -1.55. The largest absolute Gasteiger partial charge is 0.497 e. The maximum absolute atomic E-state index is 12.6. The average molecular weight is 302 g/mol. The minimum absolute atomic E-state index is 0.205. The summed E-state index contributed by atoms with van der Waals surface area (Å²) in [5.74, 6) is 2.47. The highest BCUT2D eigenvalue weighted by Crippen LogP contribution is 2.37. The van der Waals surface area contributed by atoms with Gasteiger partial charge in [0.05, 0.1) is 7.11 Å². The molecule has 1 aliphatic heterocycles. The van der Waals surface area contributed by atoms with E-state index in [0.29, 0.717) is 24.3 Å². The van der Waals surface area contributed by atoms with Gasteiger partial charge in [-0.25, -0.2) is 0 Å². The van der Waals surface area contributed by atoms with Crippen molar-refractivity contribution in [2.24, 2.45) is 17.6 Å². The molecule has 2 N–H and O–H groups in total. The minimum atomic E-state index is 0.205. The number of nitrogens with zero attached hydrogens (tertiary/aromatic N) is 1. The number of likely N-dealkylation sites (tertiary alicyclic amines) is 1. The number of rotatable bonds is 4. The lowest BCUT2D eigenvalue weighted by Crippen LogP contribution is -2.33. The van der Waals surface area contributed by atoms with Crippen molar-refractivity contribution in [1.29, 1.82) is 0 Å². The van der Waals surface area contributed by atoms with Crippen LogP contribution in [0, 0.1) is 11.8 Å². The molecule has 1 saturated heterocycles. The van der Waals surface area contributed by atoms with Crippen LogP contribution >= 0.6 is 0 Å². The maximum atomic E-state index is 12.6. The number of benzene rings is 1. The molecule has 2 aliphatic rings. The number of ether oxygens (including phenoxy) is 1. The summed E-state index contributed by atoms with van der Waals surface area (Å²) in [5, 5.41) is 0. The molecule has 0 spiro atoms. The number of nitrogens with two attached hydrogens (primary N) is 1. The van der Waals surface area contributed by atoms with Crippen molar-refractivity contribution >= 4 is 5.91 Å². The second-order valence-electron chi connectivity index (χ2n) is 6.85. The number of carbonyl (C=O) groups is 1. The molecule has 120 valence electrons. The number of fused-ring (bicyclic) bond motifs is 1. The van der Waals surface area contributed by atoms with Crippen LogP contribution in [-0.4, -0.2) is 37.0 Å². The smallest absolute Gasteiger partial charge is 0.223 e. The van der Waals surface area contributed by atoms with E-state index in [1.807, 2.05) is 23.1 Å². The number of hydrogen-bond acceptors (Lipinski definition) is 3. The van der Waals surface area contributed by atoms with Gasteiger partial charge in [0.2, 0.25) is 5.91 Å². The van der Waals surface area contributed by atoms with E-state index in [1.54, 1.807) is 7.11 Å². The first kappa shape index (κ1) is 15.3. The molecule has 2 fully saturated rings. The topological polar surface area (TPSA) is 55.6 Å². The lowest BCUT2D eigenvalue weighted by Gasteiger charge is -2.21. The predicted octanol–water partition coefficient (Wildman–Crippen LogP) is 2.38. The van der Waals surface area contributed by atoms with Crippen LogP contribution in [-0.2, 0) is 4.79 Å². The SMILES string of the molecule is COc1cccc(C(C)CC(=O)N2CC3CCC(N)C3C2)c1. The van der Waals surface area contributed by atoms with Crippen molar-refractivity contribution in [3.05, 3.63) is 29.8 Å². The van der Waals surface area contributed by atoms with Gasteiger partial charge in [0.25, 0.3) is 0 Å². The molecule has 0 bridgehead atoms. The van der Waals surface area contributed by atoms with Gasteiger partial charge in [-0.3, -0.25) is 4.79 Å². The van der Waals surface area contributed by atoms with Gasteiger partial charge in [0.1, 0.15) is 5.75 Å². The van der Waals surface area contributed by atoms with Crippen molar-refractivity contribution in [3.8, 4) is 5.75 Å². The molecule has 22 heavy (non-hydrogen) atoms. The van der Waals surface area contributed by atoms with Crippen LogP contribution in [0.25, 0.3) is 0 Å². The van der Waals surface area contributed by atoms with Crippen LogP contribution in [0.3, 0.4) is 0 Å². The zero-order valence-corrected chi connectivity index (χ0v) is 13.5. The molecular weight excluding hydrogens is 276 g/mol. The summed E-state index contributed by atoms with van der Waals surface area (Å²) in [6, 6.07) is 8.29. The van der Waals surface area contributed by atoms with Crippen LogP contribution in [0.15, 0.2) is 24.3 Å². The zero-order valence-electron chi connectivity index (χ0n) is 13.5. The number of methoxy groups -OCH3 is 1. The molecule has 1 saturated carbocycles. The standard InChI is InChI=1S/C18H26N2O2/c1-12(13-4-3-5-15(9-13)22-2)8-18(21)20-10-14-6-7-17(19)16(14)11-20/h3-5,9,12,14,16-17H,6-8,10-11,19H2,1-2H3. The van der Waals surface area contributed by atoms with E-state index in [2.05, 4.69) is 13.0 Å². The van der Waals surface area contributed by atoms with Crippen LogP contribution in [0.1, 0.15) is 37.7 Å². The molecule has 1 heterocycles. The summed E-state index contributed by atoms with van der Waals surface area (Å²) >= 11 is 0. The third kappa shape index (κ3) is 2.98. The molecule has 1 amide bonds. The molecule has 0 aromatic heterocycles. The third-order valence-corrected chi connectivity index (χ3v) is 5.41. The number of carbonyl (C=O) groups excluding carboxylic acids is 1. The Labute approximate surface area is 132 Å². The van der Waals surface area contributed by atoms with Crippen molar-refractivity contribution in [3.63, 3.8) is 0 Å². The Morgan fingerprint density at radius 3 is 2.95 bits per heavy atom. The average Bonchev–Trinajstić information content (AvgIpc) is 3.10. The molecule has 4 atom stereocenters. The summed E-state index contributed by atoms with van der Waals surface area (Å²) in [4.78, 5) is 14.6. The molecule has 4 unspecified atom stereocenters. The van der Waals surface area contributed by atoms with Gasteiger partial charge in [-0.05, 0) is 48.3 Å². The lowest BCUT2D eigenvalue weighted by atomic mass is 9.97. The van der Waals surface area contributed by atoms with E-state index >= 15 is 0 Å². The van der Waals surface area contributed by atoms with E-state index in [-0.39, 0.29) is 11.8 Å². The zero-order chi connectivity index (χ0) is 15.7. The molecule has 4 heteroatoms. The molecule has 1 aromatic rings. The van der Waals surface area contributed by atoms with Gasteiger partial charge in [-0.1, -0.05) is 19.1 Å².